The van der Waals surface area contributed by atoms with Gasteiger partial charge in [-0.1, -0.05) is 18.2 Å². The van der Waals surface area contributed by atoms with Crippen molar-refractivity contribution in [2.24, 2.45) is 0 Å². The average molecular weight is 292 g/mol. The van der Waals surface area contributed by atoms with Crippen molar-refractivity contribution >= 4 is 11.9 Å². The van der Waals surface area contributed by atoms with Crippen LogP contribution >= 0.6 is 0 Å². The van der Waals surface area contributed by atoms with Gasteiger partial charge in [0.05, 0.1) is 13.0 Å². The highest BCUT2D eigenvalue weighted by Crippen LogP contribution is 2.22. The fourth-order valence-electron chi connectivity index (χ4n) is 2.49. The lowest BCUT2D eigenvalue weighted by Gasteiger charge is -2.34. The van der Waals surface area contributed by atoms with Crippen LogP contribution in [0.4, 0.5) is 0 Å². The molecule has 1 heterocycles. The van der Waals surface area contributed by atoms with Crippen LogP contribution in [0.3, 0.4) is 0 Å². The van der Waals surface area contributed by atoms with Gasteiger partial charge in [-0.3, -0.25) is 14.5 Å². The number of nitrogens with zero attached hydrogens (tertiary/aromatic N) is 1. The summed E-state index contributed by atoms with van der Waals surface area (Å²) >= 11 is 0. The third-order valence-corrected chi connectivity index (χ3v) is 3.46. The van der Waals surface area contributed by atoms with Crippen LogP contribution in [-0.2, 0) is 16.1 Å². The highest BCUT2D eigenvalue weighted by molar-refractivity contribution is 5.86. The Morgan fingerprint density at radius 1 is 1.48 bits per heavy atom. The molecule has 1 amide bonds. The van der Waals surface area contributed by atoms with Crippen molar-refractivity contribution in [3.63, 3.8) is 0 Å². The van der Waals surface area contributed by atoms with Crippen molar-refractivity contribution in [1.82, 2.24) is 10.2 Å². The molecule has 1 aromatic rings. The van der Waals surface area contributed by atoms with E-state index in [-0.39, 0.29) is 12.3 Å². The van der Waals surface area contributed by atoms with Gasteiger partial charge in [-0.05, 0) is 13.0 Å². The predicted octanol–water partition coefficient (Wildman–Crippen LogP) is 0.860. The van der Waals surface area contributed by atoms with E-state index in [1.165, 1.54) is 0 Å². The summed E-state index contributed by atoms with van der Waals surface area (Å²) < 4.78 is 5.58. The molecule has 0 spiro atoms. The zero-order valence-corrected chi connectivity index (χ0v) is 12.0. The molecule has 1 aromatic carbocycles. The summed E-state index contributed by atoms with van der Waals surface area (Å²) in [4.78, 5) is 24.7. The Balaban J connectivity index is 2.15. The average Bonchev–Trinajstić information content (AvgIpc) is 2.45. The summed E-state index contributed by atoms with van der Waals surface area (Å²) in [5.41, 5.74) is 0.962. The first kappa shape index (κ1) is 15.3. The lowest BCUT2D eigenvalue weighted by Crippen LogP contribution is -2.55. The van der Waals surface area contributed by atoms with Crippen LogP contribution < -0.4 is 10.1 Å². The Kier molecular flexibility index (Phi) is 5.16. The number of carboxylic acid groups (broad SMARTS) is 1. The van der Waals surface area contributed by atoms with E-state index in [2.05, 4.69) is 5.32 Å². The number of benzene rings is 1. The number of carbonyl (C=O) groups is 2. The molecule has 114 valence electrons. The molecule has 2 N–H and O–H groups in total. The van der Waals surface area contributed by atoms with E-state index in [9.17, 15) is 9.59 Å². The number of para-hydroxylation sites is 1. The molecule has 0 radical (unpaired) electrons. The van der Waals surface area contributed by atoms with Crippen molar-refractivity contribution in [1.29, 1.82) is 0 Å². The molecule has 21 heavy (non-hydrogen) atoms. The molecule has 0 aliphatic carbocycles. The van der Waals surface area contributed by atoms with Gasteiger partial charge in [0.1, 0.15) is 11.8 Å². The van der Waals surface area contributed by atoms with Crippen molar-refractivity contribution in [3.05, 3.63) is 29.8 Å². The zero-order chi connectivity index (χ0) is 15.2. The number of piperazine rings is 1. The van der Waals surface area contributed by atoms with E-state index in [0.717, 1.165) is 11.3 Å². The second-order valence-corrected chi connectivity index (χ2v) is 4.92. The Morgan fingerprint density at radius 3 is 2.95 bits per heavy atom. The highest BCUT2D eigenvalue weighted by Gasteiger charge is 2.31. The third-order valence-electron chi connectivity index (χ3n) is 3.46. The molecule has 2 rings (SSSR count). The summed E-state index contributed by atoms with van der Waals surface area (Å²) in [6.45, 7) is 4.14. The van der Waals surface area contributed by atoms with Crippen molar-refractivity contribution in [2.75, 3.05) is 19.7 Å². The number of hydrogen-bond acceptors (Lipinski definition) is 4. The first-order valence-corrected chi connectivity index (χ1v) is 7.06. The molecule has 1 aliphatic rings. The quantitative estimate of drug-likeness (QED) is 0.813. The van der Waals surface area contributed by atoms with Gasteiger partial charge in [-0.2, -0.15) is 0 Å². The Labute approximate surface area is 123 Å². The number of carbonyl (C=O) groups excluding carboxylic acids is 1. The minimum absolute atomic E-state index is 0.192. The molecular formula is C15H20N2O4. The topological polar surface area (TPSA) is 78.9 Å². The number of rotatable bonds is 6. The first-order chi connectivity index (χ1) is 10.1. The Bertz CT molecular complexity index is 518. The van der Waals surface area contributed by atoms with E-state index in [1.54, 1.807) is 0 Å². The number of hydrogen-bond donors (Lipinski definition) is 2. The van der Waals surface area contributed by atoms with Gasteiger partial charge in [0.2, 0.25) is 5.91 Å². The SMILES string of the molecule is CCOc1ccccc1CN1CCNC(=O)C1CC(=O)O. The minimum Gasteiger partial charge on any atom is -0.494 e. The number of aliphatic carboxylic acids is 1. The molecule has 1 saturated heterocycles. The monoisotopic (exact) mass is 292 g/mol. The van der Waals surface area contributed by atoms with Crippen molar-refractivity contribution in [3.8, 4) is 5.75 Å². The van der Waals surface area contributed by atoms with Crippen LogP contribution in [0.15, 0.2) is 24.3 Å². The van der Waals surface area contributed by atoms with E-state index in [0.29, 0.717) is 26.2 Å². The maximum Gasteiger partial charge on any atom is 0.305 e. The van der Waals surface area contributed by atoms with Gasteiger partial charge in [-0.15, -0.1) is 0 Å². The second-order valence-electron chi connectivity index (χ2n) is 4.92. The fraction of sp³-hybridized carbons (Fsp3) is 0.467. The van der Waals surface area contributed by atoms with Crippen LogP contribution in [0.5, 0.6) is 5.75 Å². The molecular weight excluding hydrogens is 272 g/mol. The molecule has 6 nitrogen and oxygen atoms in total. The molecule has 0 aromatic heterocycles. The largest absolute Gasteiger partial charge is 0.494 e. The van der Waals surface area contributed by atoms with Gasteiger partial charge >= 0.3 is 5.97 Å². The van der Waals surface area contributed by atoms with Crippen LogP contribution in [0.1, 0.15) is 18.9 Å². The first-order valence-electron chi connectivity index (χ1n) is 7.06. The van der Waals surface area contributed by atoms with Crippen LogP contribution in [0.2, 0.25) is 0 Å². The molecule has 1 fully saturated rings. The van der Waals surface area contributed by atoms with Crippen molar-refractivity contribution < 1.29 is 19.4 Å². The molecule has 0 bridgehead atoms. The Hall–Kier alpha value is -2.08. The third kappa shape index (κ3) is 3.95. The van der Waals surface area contributed by atoms with Crippen LogP contribution in [0.25, 0.3) is 0 Å². The van der Waals surface area contributed by atoms with Gasteiger partial charge in [0, 0.05) is 25.2 Å². The fourth-order valence-corrected chi connectivity index (χ4v) is 2.49. The van der Waals surface area contributed by atoms with E-state index < -0.39 is 12.0 Å². The molecule has 1 aliphatic heterocycles. The van der Waals surface area contributed by atoms with Gasteiger partial charge < -0.3 is 15.2 Å². The lowest BCUT2D eigenvalue weighted by atomic mass is 10.1. The van der Waals surface area contributed by atoms with E-state index in [1.807, 2.05) is 36.1 Å². The van der Waals surface area contributed by atoms with Crippen LogP contribution in [-0.4, -0.2) is 47.6 Å². The summed E-state index contributed by atoms with van der Waals surface area (Å²) in [7, 11) is 0. The van der Waals surface area contributed by atoms with Gasteiger partial charge in [-0.25, -0.2) is 0 Å². The predicted molar refractivity (Wildman–Crippen MR) is 77.1 cm³/mol. The smallest absolute Gasteiger partial charge is 0.305 e. The number of ether oxygens (including phenoxy) is 1. The standard InChI is InChI=1S/C15H20N2O4/c1-2-21-13-6-4-3-5-11(13)10-17-8-7-16-15(20)12(17)9-14(18)19/h3-6,12H,2,7-10H2,1H3,(H,16,20)(H,18,19). The van der Waals surface area contributed by atoms with Gasteiger partial charge in [0.15, 0.2) is 0 Å². The van der Waals surface area contributed by atoms with E-state index in [4.69, 9.17) is 9.84 Å². The number of amides is 1. The van der Waals surface area contributed by atoms with Crippen molar-refractivity contribution in [2.45, 2.75) is 25.9 Å². The summed E-state index contributed by atoms with van der Waals surface area (Å²) in [5.74, 6) is -0.419. The van der Waals surface area contributed by atoms with Gasteiger partial charge in [0.25, 0.3) is 0 Å². The lowest BCUT2D eigenvalue weighted by molar-refractivity contribution is -0.143. The summed E-state index contributed by atoms with van der Waals surface area (Å²) in [5, 5.41) is 11.7. The molecule has 0 saturated carbocycles. The number of nitrogens with one attached hydrogen (secondary N) is 1. The summed E-state index contributed by atoms with van der Waals surface area (Å²) in [6, 6.07) is 7.00. The Morgan fingerprint density at radius 2 is 2.24 bits per heavy atom. The normalized spacial score (nSPS) is 19.1. The summed E-state index contributed by atoms with van der Waals surface area (Å²) in [6.07, 6.45) is -0.192. The zero-order valence-electron chi connectivity index (χ0n) is 12.0. The minimum atomic E-state index is -0.972. The maximum atomic E-state index is 11.9. The number of carboxylic acids is 1. The highest BCUT2D eigenvalue weighted by atomic mass is 16.5. The van der Waals surface area contributed by atoms with E-state index >= 15 is 0 Å². The van der Waals surface area contributed by atoms with Crippen LogP contribution in [0, 0.1) is 0 Å². The second kappa shape index (κ2) is 7.08. The molecule has 1 unspecified atom stereocenters. The molecule has 1 atom stereocenters. The maximum absolute atomic E-state index is 11.9. The molecule has 6 heteroatoms.